The molecule has 0 radical (unpaired) electrons. The van der Waals surface area contributed by atoms with Gasteiger partial charge in [0.05, 0.1) is 50.5 Å². The van der Waals surface area contributed by atoms with Crippen LogP contribution < -0.4 is 0 Å². The Labute approximate surface area is 397 Å². The average Bonchev–Trinajstić information content (AvgIpc) is 4.14. The molecule has 0 fully saturated rings. The zero-order chi connectivity index (χ0) is 45.7. The van der Waals surface area contributed by atoms with Crippen LogP contribution >= 0.6 is 0 Å². The average molecular weight is 888 g/mol. The second-order valence-electron chi connectivity index (χ2n) is 17.1. The second kappa shape index (κ2) is 16.8. The molecule has 0 spiro atoms. The molecule has 1 aliphatic carbocycles. The van der Waals surface area contributed by atoms with Crippen LogP contribution in [0.4, 0.5) is 0 Å². The van der Waals surface area contributed by atoms with Gasteiger partial charge in [0.25, 0.3) is 0 Å². The molecule has 0 aliphatic heterocycles. The van der Waals surface area contributed by atoms with Crippen molar-refractivity contribution in [3.05, 3.63) is 236 Å². The molecule has 1 atom stereocenters. The van der Waals surface area contributed by atoms with E-state index in [-0.39, 0.29) is 6.04 Å². The maximum absolute atomic E-state index is 5.54. The Morgan fingerprint density at radius 3 is 1.26 bits per heavy atom. The van der Waals surface area contributed by atoms with Gasteiger partial charge in [-0.1, -0.05) is 170 Å². The summed E-state index contributed by atoms with van der Waals surface area (Å²) in [6, 6.07) is 72.5. The van der Waals surface area contributed by atoms with E-state index in [1.807, 2.05) is 36.4 Å². The summed E-state index contributed by atoms with van der Waals surface area (Å²) in [7, 11) is 0. The molecule has 0 saturated heterocycles. The number of rotatable bonds is 9. The third-order valence-electron chi connectivity index (χ3n) is 12.9. The topological polar surface area (TPSA) is 92.1 Å². The highest BCUT2D eigenvalue weighted by atomic mass is 15.1. The van der Waals surface area contributed by atoms with Crippen LogP contribution in [0.25, 0.3) is 107 Å². The maximum Gasteiger partial charge on any atom is 0.166 e. The Kier molecular flexibility index (Phi) is 9.75. The van der Waals surface area contributed by atoms with Crippen molar-refractivity contribution in [2.24, 2.45) is 0 Å². The summed E-state index contributed by atoms with van der Waals surface area (Å²) in [6.07, 6.45) is 7.20. The molecule has 1 unspecified atom stereocenters. The number of hydrogen-bond donors (Lipinski definition) is 0. The molecule has 8 aromatic carbocycles. The molecular formula is C60H41N9. The second-order valence-corrected chi connectivity index (χ2v) is 17.1. The fourth-order valence-electron chi connectivity index (χ4n) is 9.80. The lowest BCUT2D eigenvalue weighted by molar-refractivity contribution is 0.642. The SMILES string of the molecule is C1=CCC(n2c(-c3ccccc3)nc3ccccc32)C(c2nc(-c3ccccc3-n3c(-c4ccccc4)nc4ccccc43)nc(-c3ccccc3-n3c(-c4ccccc4)nc4ccccc43)n2)=C1. The van der Waals surface area contributed by atoms with Crippen molar-refractivity contribution in [2.45, 2.75) is 12.5 Å². The number of benzene rings is 8. The monoisotopic (exact) mass is 887 g/mol. The van der Waals surface area contributed by atoms with E-state index in [0.29, 0.717) is 23.9 Å². The van der Waals surface area contributed by atoms with E-state index in [4.69, 9.17) is 29.9 Å². The van der Waals surface area contributed by atoms with Gasteiger partial charge < -0.3 is 4.57 Å². The Morgan fingerprint density at radius 2 is 0.739 bits per heavy atom. The number of aromatic nitrogens is 9. The molecule has 4 heterocycles. The molecule has 0 bridgehead atoms. The highest BCUT2D eigenvalue weighted by Crippen LogP contribution is 2.41. The summed E-state index contributed by atoms with van der Waals surface area (Å²) in [5, 5.41) is 0. The lowest BCUT2D eigenvalue weighted by Crippen LogP contribution is -2.16. The van der Waals surface area contributed by atoms with Crippen LogP contribution in [0.5, 0.6) is 0 Å². The van der Waals surface area contributed by atoms with Crippen LogP contribution in [0.1, 0.15) is 18.3 Å². The Morgan fingerprint density at radius 1 is 0.348 bits per heavy atom. The van der Waals surface area contributed by atoms with Gasteiger partial charge >= 0.3 is 0 Å². The minimum atomic E-state index is -0.198. The summed E-state index contributed by atoms with van der Waals surface area (Å²) in [6.45, 7) is 0. The number of fused-ring (bicyclic) bond motifs is 3. The van der Waals surface area contributed by atoms with Gasteiger partial charge in [-0.15, -0.1) is 0 Å². The van der Waals surface area contributed by atoms with Gasteiger partial charge in [-0.3, -0.25) is 9.13 Å². The van der Waals surface area contributed by atoms with Gasteiger partial charge in [0, 0.05) is 33.4 Å². The third-order valence-corrected chi connectivity index (χ3v) is 12.9. The van der Waals surface area contributed by atoms with Gasteiger partial charge in [-0.05, 0) is 67.1 Å². The summed E-state index contributed by atoms with van der Waals surface area (Å²) >= 11 is 0. The first-order valence-corrected chi connectivity index (χ1v) is 23.2. The number of para-hydroxylation sites is 8. The van der Waals surface area contributed by atoms with Crippen LogP contribution in [-0.4, -0.2) is 43.6 Å². The number of nitrogens with zero attached hydrogens (tertiary/aromatic N) is 9. The van der Waals surface area contributed by atoms with E-state index in [9.17, 15) is 0 Å². The molecule has 0 saturated carbocycles. The zero-order valence-corrected chi connectivity index (χ0v) is 37.2. The molecule has 9 nitrogen and oxygen atoms in total. The van der Waals surface area contributed by atoms with Crippen molar-refractivity contribution in [3.63, 3.8) is 0 Å². The Bertz CT molecular complexity index is 3760. The number of imidazole rings is 3. The largest absolute Gasteiger partial charge is 0.316 e. The fraction of sp³-hybridized carbons (Fsp3) is 0.0333. The third kappa shape index (κ3) is 6.95. The molecule has 0 amide bonds. The summed E-state index contributed by atoms with van der Waals surface area (Å²) < 4.78 is 6.82. The molecule has 326 valence electrons. The lowest BCUT2D eigenvalue weighted by atomic mass is 9.96. The van der Waals surface area contributed by atoms with E-state index in [2.05, 4.69) is 208 Å². The minimum Gasteiger partial charge on any atom is -0.316 e. The molecule has 13 rings (SSSR count). The molecule has 4 aromatic heterocycles. The van der Waals surface area contributed by atoms with Crippen LogP contribution in [0.3, 0.4) is 0 Å². The Hall–Kier alpha value is -9.34. The van der Waals surface area contributed by atoms with Gasteiger partial charge in [0.1, 0.15) is 17.5 Å². The molecule has 69 heavy (non-hydrogen) atoms. The van der Waals surface area contributed by atoms with Gasteiger partial charge in [0.2, 0.25) is 0 Å². The number of allylic oxidation sites excluding steroid dienone is 4. The predicted molar refractivity (Wildman–Crippen MR) is 277 cm³/mol. The quantitative estimate of drug-likeness (QED) is 0.143. The fourth-order valence-corrected chi connectivity index (χ4v) is 9.80. The van der Waals surface area contributed by atoms with Gasteiger partial charge in [-0.25, -0.2) is 29.9 Å². The van der Waals surface area contributed by atoms with Crippen molar-refractivity contribution in [1.82, 2.24) is 43.6 Å². The van der Waals surface area contributed by atoms with Crippen molar-refractivity contribution < 1.29 is 0 Å². The van der Waals surface area contributed by atoms with E-state index >= 15 is 0 Å². The van der Waals surface area contributed by atoms with E-state index in [1.165, 1.54) is 0 Å². The summed E-state index contributed by atoms with van der Waals surface area (Å²) in [5.74, 6) is 4.17. The van der Waals surface area contributed by atoms with E-state index in [0.717, 1.165) is 95.3 Å². The normalized spacial score (nSPS) is 13.6. The lowest BCUT2D eigenvalue weighted by Gasteiger charge is -2.25. The molecule has 12 aromatic rings. The molecule has 9 heteroatoms. The smallest absolute Gasteiger partial charge is 0.166 e. The predicted octanol–water partition coefficient (Wildman–Crippen LogP) is 13.8. The van der Waals surface area contributed by atoms with Crippen molar-refractivity contribution in [3.8, 4) is 68.3 Å². The zero-order valence-electron chi connectivity index (χ0n) is 37.2. The first kappa shape index (κ1) is 40.0. The summed E-state index contributed by atoms with van der Waals surface area (Å²) in [5.41, 5.74) is 13.1. The number of hydrogen-bond acceptors (Lipinski definition) is 6. The minimum absolute atomic E-state index is 0.198. The molecular weight excluding hydrogens is 847 g/mol. The standard InChI is InChI=1S/C60H41N9/c1-4-22-40(23-5-1)58-61-46-31-13-19-37-52(46)67(58)49-34-16-10-28-43(49)55-64-56(44-29-11-17-35-50(44)68-53-38-20-14-32-47(53)62-59(68)41-24-6-2-7-25-41)66-57(65-55)45-30-12-18-36-51(45)69-54-39-21-15-33-48(54)63-60(69)42-26-8-3-9-27-42/h1-35,37-39,51H,36H2. The van der Waals surface area contributed by atoms with E-state index in [1.54, 1.807) is 0 Å². The maximum atomic E-state index is 5.54. The molecule has 1 aliphatic rings. The molecule has 0 N–H and O–H groups in total. The highest BCUT2D eigenvalue weighted by Gasteiger charge is 2.29. The van der Waals surface area contributed by atoms with Crippen molar-refractivity contribution in [1.29, 1.82) is 0 Å². The van der Waals surface area contributed by atoms with Crippen LogP contribution in [0, 0.1) is 0 Å². The van der Waals surface area contributed by atoms with Crippen LogP contribution in [-0.2, 0) is 0 Å². The van der Waals surface area contributed by atoms with Gasteiger partial charge in [-0.2, -0.15) is 0 Å². The summed E-state index contributed by atoms with van der Waals surface area (Å²) in [4.78, 5) is 32.3. The van der Waals surface area contributed by atoms with E-state index < -0.39 is 0 Å². The van der Waals surface area contributed by atoms with Crippen LogP contribution in [0.2, 0.25) is 0 Å². The Balaban J connectivity index is 1.07. The van der Waals surface area contributed by atoms with Gasteiger partial charge in [0.15, 0.2) is 17.5 Å². The van der Waals surface area contributed by atoms with Crippen LogP contribution in [0.15, 0.2) is 231 Å². The first-order chi connectivity index (χ1) is 34.2. The first-order valence-electron chi connectivity index (χ1n) is 23.2. The van der Waals surface area contributed by atoms with Crippen molar-refractivity contribution >= 4 is 38.7 Å². The highest BCUT2D eigenvalue weighted by molar-refractivity contribution is 5.89. The van der Waals surface area contributed by atoms with Crippen molar-refractivity contribution in [2.75, 3.05) is 0 Å².